The Labute approximate surface area is 166 Å². The number of carbonyl (C=O) groups is 3. The van der Waals surface area contributed by atoms with Crippen molar-refractivity contribution < 1.29 is 24.2 Å². The molecule has 2 N–H and O–H groups in total. The zero-order valence-electron chi connectivity index (χ0n) is 17.0. The molecule has 2 atom stereocenters. The van der Waals surface area contributed by atoms with Gasteiger partial charge in [0.2, 0.25) is 11.8 Å². The largest absolute Gasteiger partial charge is 0.489 e. The van der Waals surface area contributed by atoms with Crippen LogP contribution in [-0.2, 0) is 9.59 Å². The molecular weight excluding hydrogens is 360 g/mol. The number of hydrogen-bond acceptors (Lipinski definition) is 4. The molecule has 1 aromatic carbocycles. The summed E-state index contributed by atoms with van der Waals surface area (Å²) < 4.78 is 5.70. The van der Waals surface area contributed by atoms with E-state index in [1.807, 2.05) is 27.7 Å². The van der Waals surface area contributed by atoms with E-state index in [1.165, 1.54) is 12.1 Å². The Morgan fingerprint density at radius 1 is 1.29 bits per heavy atom. The molecule has 0 saturated carbocycles. The fourth-order valence-electron chi connectivity index (χ4n) is 3.23. The first-order chi connectivity index (χ1) is 13.2. The Hall–Kier alpha value is -2.57. The third-order valence-corrected chi connectivity index (χ3v) is 4.98. The molecule has 1 aromatic rings. The number of carboxylic acids is 1. The van der Waals surface area contributed by atoms with Crippen LogP contribution in [0.4, 0.5) is 5.69 Å². The second-order valence-corrected chi connectivity index (χ2v) is 7.60. The maximum Gasteiger partial charge on any atom is 0.335 e. The number of nitrogens with one attached hydrogen (secondary N) is 1. The molecule has 2 amide bonds. The first-order valence-corrected chi connectivity index (χ1v) is 9.86. The second kappa shape index (κ2) is 9.57. The van der Waals surface area contributed by atoms with Gasteiger partial charge in [-0.2, -0.15) is 0 Å². The third-order valence-electron chi connectivity index (χ3n) is 4.98. The lowest BCUT2D eigenvalue weighted by Gasteiger charge is -2.33. The summed E-state index contributed by atoms with van der Waals surface area (Å²) in [6.45, 7) is 8.64. The van der Waals surface area contributed by atoms with Crippen LogP contribution in [0, 0.1) is 11.8 Å². The van der Waals surface area contributed by atoms with Crippen molar-refractivity contribution in [3.05, 3.63) is 23.8 Å². The minimum atomic E-state index is -1.07. The molecule has 1 fully saturated rings. The van der Waals surface area contributed by atoms with Gasteiger partial charge in [0.1, 0.15) is 5.75 Å². The number of anilines is 1. The Bertz CT molecular complexity index is 732. The minimum absolute atomic E-state index is 0.0555. The first kappa shape index (κ1) is 21.7. The van der Waals surface area contributed by atoms with E-state index in [-0.39, 0.29) is 35.3 Å². The van der Waals surface area contributed by atoms with E-state index in [4.69, 9.17) is 4.74 Å². The molecule has 7 heteroatoms. The van der Waals surface area contributed by atoms with Gasteiger partial charge >= 0.3 is 5.97 Å². The summed E-state index contributed by atoms with van der Waals surface area (Å²) in [6, 6.07) is 4.41. The Kier molecular flexibility index (Phi) is 7.43. The van der Waals surface area contributed by atoms with E-state index in [0.29, 0.717) is 30.9 Å². The standard InChI is InChI=1S/C21H30N2O5/c1-5-14(4)20(25)23-10-6-7-16(12-23)19(24)22-17-11-15(21(26)27)8-9-18(17)28-13(2)3/h8-9,11,13-14,16H,5-7,10,12H2,1-4H3,(H,22,24)(H,26,27). The molecule has 0 radical (unpaired) electrons. The maximum absolute atomic E-state index is 12.8. The summed E-state index contributed by atoms with van der Waals surface area (Å²) in [5.41, 5.74) is 0.410. The number of rotatable bonds is 7. The number of aromatic carboxylic acids is 1. The number of piperidine rings is 1. The molecule has 0 aliphatic carbocycles. The number of hydrogen-bond donors (Lipinski definition) is 2. The van der Waals surface area contributed by atoms with Crippen LogP contribution in [0.15, 0.2) is 18.2 Å². The van der Waals surface area contributed by atoms with Crippen molar-refractivity contribution in [2.24, 2.45) is 11.8 Å². The fraction of sp³-hybridized carbons (Fsp3) is 0.571. The summed E-state index contributed by atoms with van der Waals surface area (Å²) >= 11 is 0. The lowest BCUT2D eigenvalue weighted by Crippen LogP contribution is -2.45. The van der Waals surface area contributed by atoms with Crippen LogP contribution < -0.4 is 10.1 Å². The summed E-state index contributed by atoms with van der Waals surface area (Å²) in [5, 5.41) is 12.1. The van der Waals surface area contributed by atoms with Gasteiger partial charge < -0.3 is 20.1 Å². The highest BCUT2D eigenvalue weighted by Gasteiger charge is 2.30. The van der Waals surface area contributed by atoms with Crippen LogP contribution >= 0.6 is 0 Å². The van der Waals surface area contributed by atoms with Gasteiger partial charge in [0, 0.05) is 19.0 Å². The lowest BCUT2D eigenvalue weighted by molar-refractivity contribution is -0.138. The van der Waals surface area contributed by atoms with E-state index in [0.717, 1.165) is 12.8 Å². The zero-order valence-corrected chi connectivity index (χ0v) is 17.0. The number of nitrogens with zero attached hydrogens (tertiary/aromatic N) is 1. The van der Waals surface area contributed by atoms with Gasteiger partial charge in [-0.25, -0.2) is 4.79 Å². The fourth-order valence-corrected chi connectivity index (χ4v) is 3.23. The van der Waals surface area contributed by atoms with Crippen LogP contribution in [0.3, 0.4) is 0 Å². The number of benzene rings is 1. The van der Waals surface area contributed by atoms with E-state index >= 15 is 0 Å². The Morgan fingerprint density at radius 2 is 2.00 bits per heavy atom. The van der Waals surface area contributed by atoms with Crippen molar-refractivity contribution in [2.45, 2.75) is 53.1 Å². The van der Waals surface area contributed by atoms with Crippen molar-refractivity contribution >= 4 is 23.5 Å². The number of ether oxygens (including phenoxy) is 1. The Morgan fingerprint density at radius 3 is 2.61 bits per heavy atom. The number of carboxylic acid groups (broad SMARTS) is 1. The van der Waals surface area contributed by atoms with Gasteiger partial charge in [-0.15, -0.1) is 0 Å². The average molecular weight is 390 g/mol. The summed E-state index contributed by atoms with van der Waals surface area (Å²) in [6.07, 6.45) is 2.11. The van der Waals surface area contributed by atoms with Gasteiger partial charge in [-0.05, 0) is 51.3 Å². The molecule has 154 valence electrons. The number of likely N-dealkylation sites (tertiary alicyclic amines) is 1. The van der Waals surface area contributed by atoms with E-state index in [1.54, 1.807) is 11.0 Å². The van der Waals surface area contributed by atoms with Crippen LogP contribution in [0.1, 0.15) is 57.3 Å². The van der Waals surface area contributed by atoms with Crippen LogP contribution in [0.2, 0.25) is 0 Å². The predicted octanol–water partition coefficient (Wildman–Crippen LogP) is 3.40. The molecule has 0 aromatic heterocycles. The van der Waals surface area contributed by atoms with Gasteiger partial charge in [0.15, 0.2) is 0 Å². The van der Waals surface area contributed by atoms with Crippen molar-refractivity contribution in [2.75, 3.05) is 18.4 Å². The molecule has 2 unspecified atom stereocenters. The van der Waals surface area contributed by atoms with Gasteiger partial charge in [-0.1, -0.05) is 13.8 Å². The third kappa shape index (κ3) is 5.47. The van der Waals surface area contributed by atoms with E-state index in [2.05, 4.69) is 5.32 Å². The molecule has 28 heavy (non-hydrogen) atoms. The maximum atomic E-state index is 12.8. The topological polar surface area (TPSA) is 95.9 Å². The van der Waals surface area contributed by atoms with Crippen LogP contribution in [0.25, 0.3) is 0 Å². The molecular formula is C21H30N2O5. The smallest absolute Gasteiger partial charge is 0.335 e. The molecule has 1 saturated heterocycles. The first-order valence-electron chi connectivity index (χ1n) is 9.86. The van der Waals surface area contributed by atoms with Crippen molar-refractivity contribution in [1.82, 2.24) is 4.90 Å². The normalized spacial score (nSPS) is 17.9. The van der Waals surface area contributed by atoms with E-state index < -0.39 is 5.97 Å². The molecule has 1 heterocycles. The second-order valence-electron chi connectivity index (χ2n) is 7.60. The molecule has 1 aliphatic rings. The average Bonchev–Trinajstić information content (AvgIpc) is 2.67. The lowest BCUT2D eigenvalue weighted by atomic mass is 9.95. The van der Waals surface area contributed by atoms with Crippen molar-refractivity contribution in [3.8, 4) is 5.75 Å². The molecule has 0 bridgehead atoms. The summed E-state index contributed by atoms with van der Waals surface area (Å²) in [5.74, 6) is -1.18. The molecule has 7 nitrogen and oxygen atoms in total. The highest BCUT2D eigenvalue weighted by Crippen LogP contribution is 2.29. The monoisotopic (exact) mass is 390 g/mol. The quantitative estimate of drug-likeness (QED) is 0.744. The highest BCUT2D eigenvalue weighted by molar-refractivity contribution is 5.97. The minimum Gasteiger partial charge on any atom is -0.489 e. The molecule has 0 spiro atoms. The van der Waals surface area contributed by atoms with Crippen LogP contribution in [0.5, 0.6) is 5.75 Å². The predicted molar refractivity (Wildman–Crippen MR) is 107 cm³/mol. The highest BCUT2D eigenvalue weighted by atomic mass is 16.5. The molecule has 2 rings (SSSR count). The van der Waals surface area contributed by atoms with Gasteiger partial charge in [0.25, 0.3) is 0 Å². The van der Waals surface area contributed by atoms with E-state index in [9.17, 15) is 19.5 Å². The van der Waals surface area contributed by atoms with Crippen molar-refractivity contribution in [3.63, 3.8) is 0 Å². The van der Waals surface area contributed by atoms with Gasteiger partial charge in [0.05, 0.1) is 23.3 Å². The van der Waals surface area contributed by atoms with Crippen LogP contribution in [-0.4, -0.2) is 47.0 Å². The van der Waals surface area contributed by atoms with Gasteiger partial charge in [-0.3, -0.25) is 9.59 Å². The number of amides is 2. The Balaban J connectivity index is 2.15. The van der Waals surface area contributed by atoms with Crippen molar-refractivity contribution in [1.29, 1.82) is 0 Å². The zero-order chi connectivity index (χ0) is 20.8. The number of carbonyl (C=O) groups excluding carboxylic acids is 2. The summed E-state index contributed by atoms with van der Waals surface area (Å²) in [4.78, 5) is 38.4. The summed E-state index contributed by atoms with van der Waals surface area (Å²) in [7, 11) is 0. The molecule has 1 aliphatic heterocycles. The SMILES string of the molecule is CCC(C)C(=O)N1CCCC(C(=O)Nc2cc(C(=O)O)ccc2OC(C)C)C1.